The van der Waals surface area contributed by atoms with Crippen molar-refractivity contribution in [3.63, 3.8) is 0 Å². The van der Waals surface area contributed by atoms with Crippen LogP contribution in [0.2, 0.25) is 0 Å². The molecule has 29 heavy (non-hydrogen) atoms. The van der Waals surface area contributed by atoms with Gasteiger partial charge < -0.3 is 20.3 Å². The first-order chi connectivity index (χ1) is 13.8. The lowest BCUT2D eigenvalue weighted by Crippen LogP contribution is -2.27. The summed E-state index contributed by atoms with van der Waals surface area (Å²) >= 11 is 0. The number of pyridine rings is 1. The Kier molecular flexibility index (Phi) is 5.06. The average molecular weight is 405 g/mol. The Balaban J connectivity index is 1.82. The Morgan fingerprint density at radius 2 is 2.14 bits per heavy atom. The number of anilines is 1. The van der Waals surface area contributed by atoms with E-state index in [1.807, 2.05) is 13.8 Å². The standard InChI is InChI=1S/C21H25F2N3O3/c1-3-24-8-11-4-5-26(9-11)19-14(22)7-13-18(16(19)23)25-17(12-6-10(12)2)15(20(13)27)21(28)29/h7,10-12,24H,3-6,8-9H2,1-2H3,(H,25,27)(H,28,29). The molecule has 2 aromatic rings. The fraction of sp³-hybridized carbons (Fsp3) is 0.524. The van der Waals surface area contributed by atoms with Gasteiger partial charge in [-0.1, -0.05) is 13.8 Å². The number of aromatic nitrogens is 1. The van der Waals surface area contributed by atoms with Crippen molar-refractivity contribution in [2.75, 3.05) is 31.1 Å². The van der Waals surface area contributed by atoms with Crippen LogP contribution in [-0.2, 0) is 0 Å². The topological polar surface area (TPSA) is 85.4 Å². The molecule has 1 aromatic heterocycles. The van der Waals surface area contributed by atoms with Crippen molar-refractivity contribution < 1.29 is 18.7 Å². The molecule has 1 saturated heterocycles. The number of hydrogen-bond donors (Lipinski definition) is 3. The third kappa shape index (κ3) is 3.39. The van der Waals surface area contributed by atoms with Crippen LogP contribution >= 0.6 is 0 Å². The summed E-state index contributed by atoms with van der Waals surface area (Å²) in [6, 6.07) is 0.969. The number of H-pyrrole nitrogens is 1. The second kappa shape index (κ2) is 7.40. The Morgan fingerprint density at radius 3 is 2.76 bits per heavy atom. The molecule has 2 heterocycles. The normalized spacial score (nSPS) is 23.7. The molecule has 4 rings (SSSR count). The highest BCUT2D eigenvalue weighted by Crippen LogP contribution is 2.47. The van der Waals surface area contributed by atoms with E-state index in [4.69, 9.17) is 0 Å². The van der Waals surface area contributed by atoms with Gasteiger partial charge in [0.15, 0.2) is 5.82 Å². The van der Waals surface area contributed by atoms with Crippen molar-refractivity contribution in [1.29, 1.82) is 0 Å². The summed E-state index contributed by atoms with van der Waals surface area (Å²) in [6.45, 7) is 6.63. The Hall–Kier alpha value is -2.48. The van der Waals surface area contributed by atoms with Gasteiger partial charge in [0.1, 0.15) is 17.1 Å². The lowest BCUT2D eigenvalue weighted by atomic mass is 10.0. The first-order valence-corrected chi connectivity index (χ1v) is 10.1. The lowest BCUT2D eigenvalue weighted by molar-refractivity contribution is 0.0694. The number of aromatic amines is 1. The molecule has 0 radical (unpaired) electrons. The van der Waals surface area contributed by atoms with E-state index in [1.54, 1.807) is 4.90 Å². The molecule has 1 aliphatic heterocycles. The van der Waals surface area contributed by atoms with E-state index in [0.29, 0.717) is 19.0 Å². The van der Waals surface area contributed by atoms with Crippen molar-refractivity contribution >= 4 is 22.6 Å². The molecule has 2 fully saturated rings. The predicted octanol–water partition coefficient (Wildman–Crippen LogP) is 3.06. The zero-order valence-electron chi connectivity index (χ0n) is 16.5. The fourth-order valence-corrected chi connectivity index (χ4v) is 4.42. The second-order valence-corrected chi connectivity index (χ2v) is 8.22. The van der Waals surface area contributed by atoms with E-state index in [9.17, 15) is 19.1 Å². The Bertz CT molecular complexity index is 1040. The van der Waals surface area contributed by atoms with Crippen LogP contribution in [0.4, 0.5) is 14.5 Å². The average Bonchev–Trinajstić information content (AvgIpc) is 3.21. The van der Waals surface area contributed by atoms with Crippen molar-refractivity contribution in [2.24, 2.45) is 11.8 Å². The van der Waals surface area contributed by atoms with Gasteiger partial charge in [0.25, 0.3) is 0 Å². The van der Waals surface area contributed by atoms with Crippen LogP contribution < -0.4 is 15.6 Å². The number of carbonyl (C=O) groups is 1. The Labute approximate surface area is 166 Å². The smallest absolute Gasteiger partial charge is 0.341 e. The highest BCUT2D eigenvalue weighted by Gasteiger charge is 2.39. The maximum atomic E-state index is 15.4. The maximum absolute atomic E-state index is 15.4. The van der Waals surface area contributed by atoms with Crippen LogP contribution in [0.15, 0.2) is 10.9 Å². The summed E-state index contributed by atoms with van der Waals surface area (Å²) in [6.07, 6.45) is 1.55. The highest BCUT2D eigenvalue weighted by molar-refractivity contribution is 5.95. The minimum atomic E-state index is -1.38. The number of hydrogen-bond acceptors (Lipinski definition) is 4. The number of carboxylic acids is 1. The molecule has 3 unspecified atom stereocenters. The zero-order chi connectivity index (χ0) is 20.9. The molecular weight excluding hydrogens is 380 g/mol. The lowest BCUT2D eigenvalue weighted by Gasteiger charge is -2.21. The highest BCUT2D eigenvalue weighted by atomic mass is 19.1. The van der Waals surface area contributed by atoms with Crippen LogP contribution in [0.25, 0.3) is 10.9 Å². The molecule has 8 heteroatoms. The van der Waals surface area contributed by atoms with Crippen LogP contribution in [0.3, 0.4) is 0 Å². The maximum Gasteiger partial charge on any atom is 0.341 e. The first-order valence-electron chi connectivity index (χ1n) is 10.1. The van der Waals surface area contributed by atoms with Gasteiger partial charge in [-0.3, -0.25) is 4.79 Å². The molecular formula is C21H25F2N3O3. The summed E-state index contributed by atoms with van der Waals surface area (Å²) < 4.78 is 30.3. The van der Waals surface area contributed by atoms with E-state index in [0.717, 1.165) is 32.0 Å². The zero-order valence-corrected chi connectivity index (χ0v) is 16.5. The van der Waals surface area contributed by atoms with E-state index in [2.05, 4.69) is 10.3 Å². The van der Waals surface area contributed by atoms with Gasteiger partial charge in [-0.25, -0.2) is 13.6 Å². The van der Waals surface area contributed by atoms with Gasteiger partial charge in [-0.15, -0.1) is 0 Å². The summed E-state index contributed by atoms with van der Waals surface area (Å²) in [5.41, 5.74) is -1.27. The molecule has 1 aromatic carbocycles. The minimum absolute atomic E-state index is 0.111. The number of halogens is 2. The van der Waals surface area contributed by atoms with Crippen molar-refractivity contribution in [3.05, 3.63) is 39.2 Å². The Morgan fingerprint density at radius 1 is 1.41 bits per heavy atom. The van der Waals surface area contributed by atoms with Gasteiger partial charge in [0.2, 0.25) is 5.43 Å². The van der Waals surface area contributed by atoms with Crippen LogP contribution in [0.5, 0.6) is 0 Å². The van der Waals surface area contributed by atoms with Crippen molar-refractivity contribution in [1.82, 2.24) is 10.3 Å². The number of nitrogens with one attached hydrogen (secondary N) is 2. The second-order valence-electron chi connectivity index (χ2n) is 8.22. The van der Waals surface area contributed by atoms with Gasteiger partial charge in [-0.2, -0.15) is 0 Å². The molecule has 0 spiro atoms. The molecule has 1 saturated carbocycles. The van der Waals surface area contributed by atoms with E-state index < -0.39 is 28.6 Å². The van der Waals surface area contributed by atoms with Crippen LogP contribution in [-0.4, -0.2) is 42.2 Å². The summed E-state index contributed by atoms with van der Waals surface area (Å²) in [5.74, 6) is -2.66. The SMILES string of the molecule is CCNCC1CCN(c2c(F)cc3c(=O)c(C(=O)O)c(C4CC4C)[nH]c3c2F)C1. The molecule has 2 aliphatic rings. The largest absolute Gasteiger partial charge is 0.477 e. The first kappa shape index (κ1) is 19.8. The van der Waals surface area contributed by atoms with Gasteiger partial charge >= 0.3 is 5.97 Å². The number of carboxylic acid groups (broad SMARTS) is 1. The molecule has 156 valence electrons. The summed E-state index contributed by atoms with van der Waals surface area (Å²) in [7, 11) is 0. The monoisotopic (exact) mass is 405 g/mol. The summed E-state index contributed by atoms with van der Waals surface area (Å²) in [4.78, 5) is 29.0. The number of benzene rings is 1. The molecule has 0 amide bonds. The minimum Gasteiger partial charge on any atom is -0.477 e. The molecule has 1 aliphatic carbocycles. The molecule has 0 bridgehead atoms. The molecule has 3 atom stereocenters. The van der Waals surface area contributed by atoms with Gasteiger partial charge in [0.05, 0.1) is 10.9 Å². The third-order valence-electron chi connectivity index (χ3n) is 6.17. The van der Waals surface area contributed by atoms with E-state index in [-0.39, 0.29) is 34.1 Å². The predicted molar refractivity (Wildman–Crippen MR) is 107 cm³/mol. The molecule has 6 nitrogen and oxygen atoms in total. The van der Waals surface area contributed by atoms with Gasteiger partial charge in [-0.05, 0) is 43.8 Å². The number of rotatable bonds is 6. The van der Waals surface area contributed by atoms with E-state index >= 15 is 4.39 Å². The van der Waals surface area contributed by atoms with E-state index in [1.165, 1.54) is 0 Å². The van der Waals surface area contributed by atoms with Crippen molar-refractivity contribution in [3.8, 4) is 0 Å². The number of nitrogens with zero attached hydrogens (tertiary/aromatic N) is 1. The third-order valence-corrected chi connectivity index (χ3v) is 6.17. The fourth-order valence-electron chi connectivity index (χ4n) is 4.42. The summed E-state index contributed by atoms with van der Waals surface area (Å²) in [5, 5.41) is 12.5. The number of fused-ring (bicyclic) bond motifs is 1. The quantitative estimate of drug-likeness (QED) is 0.688. The van der Waals surface area contributed by atoms with Crippen molar-refractivity contribution in [2.45, 2.75) is 32.6 Å². The van der Waals surface area contributed by atoms with Crippen LogP contribution in [0.1, 0.15) is 48.7 Å². The van der Waals surface area contributed by atoms with Gasteiger partial charge in [0, 0.05) is 24.7 Å². The van der Waals surface area contributed by atoms with Crippen LogP contribution in [0, 0.1) is 23.5 Å². The molecule has 3 N–H and O–H groups in total. The number of aromatic carboxylic acids is 1.